The Bertz CT molecular complexity index is 311. The van der Waals surface area contributed by atoms with Crippen molar-refractivity contribution in [2.75, 3.05) is 0 Å². The van der Waals surface area contributed by atoms with Crippen LogP contribution >= 0.6 is 0 Å². The van der Waals surface area contributed by atoms with Crippen LogP contribution in [-0.2, 0) is 0 Å². The molecule has 0 fully saturated rings. The highest BCUT2D eigenvalue weighted by Gasteiger charge is 2.05. The fraction of sp³-hybridized carbons (Fsp3) is 0.444. The van der Waals surface area contributed by atoms with E-state index in [1.165, 1.54) is 11.1 Å². The molecule has 1 aliphatic rings. The van der Waals surface area contributed by atoms with Crippen molar-refractivity contribution in [3.05, 3.63) is 60.3 Å². The third kappa shape index (κ3) is 7.89. The standard InChI is InChI=1S/C14H18.2C2H6/c1-4-6-9-13(5-2)14-10-7-8-12(3)11-14;2*1-2/h4-7,9-12H,1,8H2,2-3H3;2*1-2H3/b9-6-,13-5+;;. The van der Waals surface area contributed by atoms with Crippen LogP contribution < -0.4 is 0 Å². The van der Waals surface area contributed by atoms with Crippen LogP contribution in [-0.4, -0.2) is 0 Å². The topological polar surface area (TPSA) is 0 Å². The smallest absolute Gasteiger partial charge is 0.0218 e. The lowest BCUT2D eigenvalue weighted by atomic mass is 9.93. The molecule has 0 aromatic carbocycles. The second-order valence-corrected chi connectivity index (χ2v) is 3.58. The summed E-state index contributed by atoms with van der Waals surface area (Å²) < 4.78 is 0. The zero-order valence-corrected chi connectivity index (χ0v) is 13.0. The highest BCUT2D eigenvalue weighted by Crippen LogP contribution is 2.22. The van der Waals surface area contributed by atoms with Gasteiger partial charge < -0.3 is 0 Å². The van der Waals surface area contributed by atoms with Crippen LogP contribution in [0.4, 0.5) is 0 Å². The summed E-state index contributed by atoms with van der Waals surface area (Å²) in [5.41, 5.74) is 2.59. The minimum Gasteiger partial charge on any atom is -0.0991 e. The number of hydrogen-bond donors (Lipinski definition) is 0. The van der Waals surface area contributed by atoms with E-state index in [-0.39, 0.29) is 0 Å². The first-order valence-corrected chi connectivity index (χ1v) is 7.12. The average molecular weight is 246 g/mol. The lowest BCUT2D eigenvalue weighted by Gasteiger charge is -2.12. The van der Waals surface area contributed by atoms with E-state index in [1.54, 1.807) is 6.08 Å². The third-order valence-corrected chi connectivity index (χ3v) is 2.33. The molecule has 0 radical (unpaired) electrons. The van der Waals surface area contributed by atoms with Crippen LogP contribution in [0.3, 0.4) is 0 Å². The summed E-state index contributed by atoms with van der Waals surface area (Å²) in [6.45, 7) is 16.0. The van der Waals surface area contributed by atoms with Gasteiger partial charge in [-0.25, -0.2) is 0 Å². The van der Waals surface area contributed by atoms with E-state index in [4.69, 9.17) is 0 Å². The number of rotatable bonds is 3. The van der Waals surface area contributed by atoms with E-state index in [9.17, 15) is 0 Å². The van der Waals surface area contributed by atoms with Crippen molar-refractivity contribution in [1.29, 1.82) is 0 Å². The van der Waals surface area contributed by atoms with Gasteiger partial charge in [0.05, 0.1) is 0 Å². The van der Waals surface area contributed by atoms with Gasteiger partial charge in [-0.1, -0.05) is 83.7 Å². The summed E-state index contributed by atoms with van der Waals surface area (Å²) >= 11 is 0. The average Bonchev–Trinajstić information content (AvgIpc) is 2.44. The largest absolute Gasteiger partial charge is 0.0991 e. The molecule has 0 nitrogen and oxygen atoms in total. The van der Waals surface area contributed by atoms with Crippen molar-refractivity contribution in [1.82, 2.24) is 0 Å². The molecule has 1 rings (SSSR count). The first kappa shape index (κ1) is 19.0. The Hall–Kier alpha value is -1.30. The summed E-state index contributed by atoms with van der Waals surface area (Å²) in [6, 6.07) is 0. The molecule has 0 saturated carbocycles. The van der Waals surface area contributed by atoms with Gasteiger partial charge in [-0.15, -0.1) is 0 Å². The minimum absolute atomic E-state index is 0.655. The molecule has 1 atom stereocenters. The van der Waals surface area contributed by atoms with Gasteiger partial charge >= 0.3 is 0 Å². The van der Waals surface area contributed by atoms with E-state index in [1.807, 2.05) is 33.8 Å². The molecular formula is C18H30. The lowest BCUT2D eigenvalue weighted by molar-refractivity contribution is 0.731. The Morgan fingerprint density at radius 3 is 2.33 bits per heavy atom. The molecule has 0 aliphatic heterocycles. The van der Waals surface area contributed by atoms with Crippen LogP contribution in [0.25, 0.3) is 0 Å². The van der Waals surface area contributed by atoms with Crippen molar-refractivity contribution < 1.29 is 0 Å². The fourth-order valence-corrected chi connectivity index (χ4v) is 1.56. The highest BCUT2D eigenvalue weighted by atomic mass is 14.1. The van der Waals surface area contributed by atoms with Gasteiger partial charge in [0.25, 0.3) is 0 Å². The zero-order valence-electron chi connectivity index (χ0n) is 13.0. The Labute approximate surface area is 115 Å². The van der Waals surface area contributed by atoms with Gasteiger partial charge in [-0.2, -0.15) is 0 Å². The maximum Gasteiger partial charge on any atom is -0.0218 e. The van der Waals surface area contributed by atoms with Gasteiger partial charge in [0.15, 0.2) is 0 Å². The van der Waals surface area contributed by atoms with Crippen LogP contribution in [0.15, 0.2) is 60.3 Å². The SMILES string of the molecule is C=C/C=C\C(=C/C)C1=CC(C)CC=C1.CC.CC. The van der Waals surface area contributed by atoms with Gasteiger partial charge in [-0.05, 0) is 30.4 Å². The molecule has 0 heteroatoms. The summed E-state index contributed by atoms with van der Waals surface area (Å²) in [7, 11) is 0. The quantitative estimate of drug-likeness (QED) is 0.516. The first-order valence-electron chi connectivity index (χ1n) is 7.12. The number of allylic oxidation sites excluding steroid dienone is 9. The molecule has 0 bridgehead atoms. The predicted octanol–water partition coefficient (Wildman–Crippen LogP) is 6.25. The summed E-state index contributed by atoms with van der Waals surface area (Å²) in [5.74, 6) is 0.655. The Kier molecular flexibility index (Phi) is 14.6. The maximum atomic E-state index is 3.68. The summed E-state index contributed by atoms with van der Waals surface area (Å²) in [6.07, 6.45) is 15.9. The van der Waals surface area contributed by atoms with Crippen molar-refractivity contribution in [3.8, 4) is 0 Å². The molecule has 0 aromatic heterocycles. The van der Waals surface area contributed by atoms with Crippen LogP contribution in [0, 0.1) is 5.92 Å². The molecule has 1 unspecified atom stereocenters. The molecule has 0 saturated heterocycles. The zero-order chi connectivity index (χ0) is 14.4. The van der Waals surface area contributed by atoms with Gasteiger partial charge in [0.2, 0.25) is 0 Å². The Morgan fingerprint density at radius 1 is 1.28 bits per heavy atom. The molecule has 0 N–H and O–H groups in total. The highest BCUT2D eigenvalue weighted by molar-refractivity contribution is 5.48. The molecule has 1 aliphatic carbocycles. The number of hydrogen-bond acceptors (Lipinski definition) is 0. The second-order valence-electron chi connectivity index (χ2n) is 3.58. The molecule has 0 aromatic rings. The normalized spacial score (nSPS) is 18.2. The lowest BCUT2D eigenvalue weighted by Crippen LogP contribution is -1.96. The minimum atomic E-state index is 0.655. The van der Waals surface area contributed by atoms with Crippen LogP contribution in [0.2, 0.25) is 0 Å². The Morgan fingerprint density at radius 2 is 1.89 bits per heavy atom. The third-order valence-electron chi connectivity index (χ3n) is 2.33. The van der Waals surface area contributed by atoms with E-state index < -0.39 is 0 Å². The molecule has 0 heterocycles. The van der Waals surface area contributed by atoms with Gasteiger partial charge in [0, 0.05) is 0 Å². The monoisotopic (exact) mass is 246 g/mol. The van der Waals surface area contributed by atoms with Crippen LogP contribution in [0.1, 0.15) is 48.0 Å². The molecule has 0 spiro atoms. The van der Waals surface area contributed by atoms with Gasteiger partial charge in [0.1, 0.15) is 0 Å². The van der Waals surface area contributed by atoms with E-state index in [0.29, 0.717) is 5.92 Å². The maximum absolute atomic E-state index is 3.68. The molecule has 18 heavy (non-hydrogen) atoms. The van der Waals surface area contributed by atoms with Crippen molar-refractivity contribution in [3.63, 3.8) is 0 Å². The van der Waals surface area contributed by atoms with E-state index >= 15 is 0 Å². The van der Waals surface area contributed by atoms with Crippen LogP contribution in [0.5, 0.6) is 0 Å². The van der Waals surface area contributed by atoms with E-state index in [2.05, 4.69) is 50.8 Å². The van der Waals surface area contributed by atoms with E-state index in [0.717, 1.165) is 6.42 Å². The van der Waals surface area contributed by atoms with Gasteiger partial charge in [-0.3, -0.25) is 0 Å². The summed E-state index contributed by atoms with van der Waals surface area (Å²) in [5, 5.41) is 0. The first-order chi connectivity index (χ1) is 8.77. The Balaban J connectivity index is 0. The molecular weight excluding hydrogens is 216 g/mol. The summed E-state index contributed by atoms with van der Waals surface area (Å²) in [4.78, 5) is 0. The van der Waals surface area contributed by atoms with Crippen molar-refractivity contribution in [2.24, 2.45) is 5.92 Å². The predicted molar refractivity (Wildman–Crippen MR) is 86.8 cm³/mol. The van der Waals surface area contributed by atoms with Crippen molar-refractivity contribution in [2.45, 2.75) is 48.0 Å². The fourth-order valence-electron chi connectivity index (χ4n) is 1.56. The van der Waals surface area contributed by atoms with Crippen molar-refractivity contribution >= 4 is 0 Å². The molecule has 0 amide bonds. The molecule has 102 valence electrons. The second kappa shape index (κ2) is 13.8.